The number of amides is 2. The van der Waals surface area contributed by atoms with Crippen LogP contribution in [0.15, 0.2) is 48.5 Å². The standard InChI is InChI=1S/C18H17IN2O4/c1-24-15-6-4-3-5-12(15)8-10-17(22)20-21-18(23)13-7-9-16(25-2)14(19)11-13/h3-11H,1-2H3,(H,20,22)(H,21,23)/b10-8+. The molecular weight excluding hydrogens is 435 g/mol. The molecule has 0 saturated carbocycles. The molecule has 0 bridgehead atoms. The van der Waals surface area contributed by atoms with Crippen molar-refractivity contribution < 1.29 is 19.1 Å². The van der Waals surface area contributed by atoms with Gasteiger partial charge in [-0.15, -0.1) is 0 Å². The van der Waals surface area contributed by atoms with Crippen LogP contribution in [-0.4, -0.2) is 26.0 Å². The fraction of sp³-hybridized carbons (Fsp3) is 0.111. The van der Waals surface area contributed by atoms with Crippen LogP contribution in [0.4, 0.5) is 0 Å². The number of para-hydroxylation sites is 1. The summed E-state index contributed by atoms with van der Waals surface area (Å²) >= 11 is 2.07. The fourth-order valence-electron chi connectivity index (χ4n) is 2.01. The van der Waals surface area contributed by atoms with Gasteiger partial charge in [0, 0.05) is 17.2 Å². The minimum absolute atomic E-state index is 0.416. The van der Waals surface area contributed by atoms with Gasteiger partial charge >= 0.3 is 0 Å². The summed E-state index contributed by atoms with van der Waals surface area (Å²) in [5.74, 6) is 0.464. The number of rotatable bonds is 5. The van der Waals surface area contributed by atoms with Gasteiger partial charge in [0.05, 0.1) is 17.8 Å². The molecule has 0 aliphatic heterocycles. The SMILES string of the molecule is COc1ccc(C(=O)NNC(=O)/C=C/c2ccccc2OC)cc1I. The summed E-state index contributed by atoms with van der Waals surface area (Å²) in [5, 5.41) is 0. The molecule has 2 aromatic rings. The first kappa shape index (κ1) is 18.8. The Morgan fingerprint density at radius 3 is 2.40 bits per heavy atom. The van der Waals surface area contributed by atoms with Crippen molar-refractivity contribution >= 4 is 40.5 Å². The second-order valence-corrected chi connectivity index (χ2v) is 6.03. The third-order valence-corrected chi connectivity index (χ3v) is 4.11. The van der Waals surface area contributed by atoms with Gasteiger partial charge in [-0.3, -0.25) is 20.4 Å². The molecule has 0 fully saturated rings. The van der Waals surface area contributed by atoms with Gasteiger partial charge in [0.1, 0.15) is 11.5 Å². The van der Waals surface area contributed by atoms with Crippen molar-refractivity contribution in [3.63, 3.8) is 0 Å². The molecule has 2 aromatic carbocycles. The Morgan fingerprint density at radius 1 is 1.00 bits per heavy atom. The summed E-state index contributed by atoms with van der Waals surface area (Å²) in [7, 11) is 3.12. The molecule has 0 radical (unpaired) electrons. The van der Waals surface area contributed by atoms with Crippen LogP contribution in [0.5, 0.6) is 11.5 Å². The lowest BCUT2D eigenvalue weighted by molar-refractivity contribution is -0.117. The third-order valence-electron chi connectivity index (χ3n) is 3.27. The molecule has 2 rings (SSSR count). The third kappa shape index (κ3) is 5.21. The molecular formula is C18H17IN2O4. The smallest absolute Gasteiger partial charge is 0.269 e. The second-order valence-electron chi connectivity index (χ2n) is 4.87. The number of benzene rings is 2. The van der Waals surface area contributed by atoms with Crippen LogP contribution in [0, 0.1) is 3.57 Å². The minimum atomic E-state index is -0.456. The topological polar surface area (TPSA) is 76.7 Å². The highest BCUT2D eigenvalue weighted by molar-refractivity contribution is 14.1. The van der Waals surface area contributed by atoms with Gasteiger partial charge in [-0.25, -0.2) is 0 Å². The first-order chi connectivity index (χ1) is 12.0. The van der Waals surface area contributed by atoms with E-state index in [0.717, 1.165) is 9.13 Å². The van der Waals surface area contributed by atoms with Crippen molar-refractivity contribution in [3.05, 3.63) is 63.2 Å². The molecule has 0 saturated heterocycles. The van der Waals surface area contributed by atoms with Gasteiger partial charge in [-0.1, -0.05) is 18.2 Å². The molecule has 2 N–H and O–H groups in total. The molecule has 0 aromatic heterocycles. The Labute approximate surface area is 159 Å². The molecule has 130 valence electrons. The number of hydrogen-bond acceptors (Lipinski definition) is 4. The number of hydrogen-bond donors (Lipinski definition) is 2. The molecule has 6 nitrogen and oxygen atoms in total. The monoisotopic (exact) mass is 452 g/mol. The van der Waals surface area contributed by atoms with Gasteiger partial charge in [0.25, 0.3) is 11.8 Å². The van der Waals surface area contributed by atoms with Crippen LogP contribution in [-0.2, 0) is 4.79 Å². The summed E-state index contributed by atoms with van der Waals surface area (Å²) in [6.45, 7) is 0. The Kier molecular flexibility index (Phi) is 6.81. The first-order valence-corrected chi connectivity index (χ1v) is 8.38. The van der Waals surface area contributed by atoms with Crippen molar-refractivity contribution in [1.82, 2.24) is 10.9 Å². The maximum atomic E-state index is 12.1. The van der Waals surface area contributed by atoms with E-state index >= 15 is 0 Å². The Morgan fingerprint density at radius 2 is 1.72 bits per heavy atom. The van der Waals surface area contributed by atoms with E-state index in [1.807, 2.05) is 18.2 Å². The van der Waals surface area contributed by atoms with E-state index in [2.05, 4.69) is 33.4 Å². The summed E-state index contributed by atoms with van der Waals surface area (Å²) in [6.07, 6.45) is 2.92. The maximum absolute atomic E-state index is 12.1. The lowest BCUT2D eigenvalue weighted by Gasteiger charge is -2.08. The zero-order chi connectivity index (χ0) is 18.2. The number of nitrogens with one attached hydrogen (secondary N) is 2. The molecule has 0 aliphatic rings. The van der Waals surface area contributed by atoms with Crippen LogP contribution in [0.1, 0.15) is 15.9 Å². The lowest BCUT2D eigenvalue weighted by atomic mass is 10.2. The van der Waals surface area contributed by atoms with E-state index in [9.17, 15) is 9.59 Å². The van der Waals surface area contributed by atoms with E-state index in [0.29, 0.717) is 17.1 Å². The molecule has 2 amide bonds. The molecule has 0 aliphatic carbocycles. The lowest BCUT2D eigenvalue weighted by Crippen LogP contribution is -2.40. The zero-order valence-corrected chi connectivity index (χ0v) is 15.9. The van der Waals surface area contributed by atoms with Crippen LogP contribution in [0.2, 0.25) is 0 Å². The summed E-state index contributed by atoms with van der Waals surface area (Å²) in [5.41, 5.74) is 5.88. The average molecular weight is 452 g/mol. The first-order valence-electron chi connectivity index (χ1n) is 7.30. The molecule has 0 unspecified atom stereocenters. The number of ether oxygens (including phenoxy) is 2. The van der Waals surface area contributed by atoms with E-state index in [-0.39, 0.29) is 0 Å². The van der Waals surface area contributed by atoms with E-state index in [1.54, 1.807) is 44.6 Å². The van der Waals surface area contributed by atoms with Crippen LogP contribution in [0.3, 0.4) is 0 Å². The summed E-state index contributed by atoms with van der Waals surface area (Å²) in [6, 6.07) is 12.3. The minimum Gasteiger partial charge on any atom is -0.496 e. The van der Waals surface area contributed by atoms with Crippen molar-refractivity contribution in [2.75, 3.05) is 14.2 Å². The second kappa shape index (κ2) is 9.07. The van der Waals surface area contributed by atoms with Gasteiger partial charge in [-0.05, 0) is 52.9 Å². The van der Waals surface area contributed by atoms with Gasteiger partial charge in [0.2, 0.25) is 0 Å². The van der Waals surface area contributed by atoms with Gasteiger partial charge in [-0.2, -0.15) is 0 Å². The molecule has 0 atom stereocenters. The number of hydrazine groups is 1. The number of carbonyl (C=O) groups excluding carboxylic acids is 2. The maximum Gasteiger partial charge on any atom is 0.269 e. The molecule has 0 heterocycles. The van der Waals surface area contributed by atoms with Crippen molar-refractivity contribution in [2.45, 2.75) is 0 Å². The van der Waals surface area contributed by atoms with Crippen LogP contribution >= 0.6 is 22.6 Å². The Balaban J connectivity index is 1.94. The summed E-state index contributed by atoms with van der Waals surface area (Å²) < 4.78 is 11.1. The zero-order valence-electron chi connectivity index (χ0n) is 13.7. The molecule has 0 spiro atoms. The highest BCUT2D eigenvalue weighted by Gasteiger charge is 2.09. The van der Waals surface area contributed by atoms with E-state index in [1.165, 1.54) is 6.08 Å². The van der Waals surface area contributed by atoms with Crippen LogP contribution < -0.4 is 20.3 Å². The highest BCUT2D eigenvalue weighted by Crippen LogP contribution is 2.21. The highest BCUT2D eigenvalue weighted by atomic mass is 127. The Bertz CT molecular complexity index is 805. The summed E-state index contributed by atoms with van der Waals surface area (Å²) in [4.78, 5) is 23.9. The number of methoxy groups -OCH3 is 2. The van der Waals surface area contributed by atoms with Gasteiger partial charge < -0.3 is 9.47 Å². The predicted octanol–water partition coefficient (Wildman–Crippen LogP) is 2.78. The fourth-order valence-corrected chi connectivity index (χ4v) is 2.74. The normalized spacial score (nSPS) is 10.4. The van der Waals surface area contributed by atoms with E-state index < -0.39 is 11.8 Å². The Hall–Kier alpha value is -2.55. The van der Waals surface area contributed by atoms with Crippen molar-refractivity contribution in [1.29, 1.82) is 0 Å². The van der Waals surface area contributed by atoms with Gasteiger partial charge in [0.15, 0.2) is 0 Å². The quantitative estimate of drug-likeness (QED) is 0.416. The van der Waals surface area contributed by atoms with Crippen LogP contribution in [0.25, 0.3) is 6.08 Å². The number of halogens is 1. The molecule has 7 heteroatoms. The predicted molar refractivity (Wildman–Crippen MR) is 103 cm³/mol. The van der Waals surface area contributed by atoms with Crippen molar-refractivity contribution in [3.8, 4) is 11.5 Å². The number of carbonyl (C=O) groups is 2. The average Bonchev–Trinajstić information content (AvgIpc) is 2.64. The molecule has 25 heavy (non-hydrogen) atoms. The van der Waals surface area contributed by atoms with Crippen molar-refractivity contribution in [2.24, 2.45) is 0 Å². The largest absolute Gasteiger partial charge is 0.496 e. The van der Waals surface area contributed by atoms with E-state index in [4.69, 9.17) is 9.47 Å².